The number of ether oxygens (including phenoxy) is 1. The summed E-state index contributed by atoms with van der Waals surface area (Å²) in [6, 6.07) is 0. The predicted molar refractivity (Wildman–Crippen MR) is 60.2 cm³/mol. The minimum absolute atomic E-state index is 0.127. The highest BCUT2D eigenvalue weighted by Gasteiger charge is 2.33. The molecule has 0 radical (unpaired) electrons. The van der Waals surface area contributed by atoms with E-state index in [4.69, 9.17) is 4.74 Å². The fourth-order valence-electron chi connectivity index (χ4n) is 2.26. The molecule has 2 rings (SSSR count). The van der Waals surface area contributed by atoms with Crippen molar-refractivity contribution in [2.75, 3.05) is 13.2 Å². The second-order valence-electron chi connectivity index (χ2n) is 4.42. The van der Waals surface area contributed by atoms with Gasteiger partial charge in [-0.2, -0.15) is 0 Å². The summed E-state index contributed by atoms with van der Waals surface area (Å²) < 4.78 is 5.14. The van der Waals surface area contributed by atoms with Gasteiger partial charge in [-0.15, -0.1) is 11.8 Å². The summed E-state index contributed by atoms with van der Waals surface area (Å²) in [6.45, 7) is 1.63. The Balaban J connectivity index is 1.92. The number of aliphatic carboxylic acids is 1. The quantitative estimate of drug-likeness (QED) is 0.755. The maximum absolute atomic E-state index is 11.2. The number of rotatable bonds is 3. The standard InChI is InChI=1S/C11H18O3S/c12-11(13)9-4-2-1-3-5-10(9)15-8-6-14-7-8/h8-10H,1-7H2,(H,12,13). The maximum Gasteiger partial charge on any atom is 0.307 e. The summed E-state index contributed by atoms with van der Waals surface area (Å²) >= 11 is 1.85. The molecule has 0 bridgehead atoms. The number of carbonyl (C=O) groups is 1. The van der Waals surface area contributed by atoms with E-state index in [1.54, 1.807) is 0 Å². The van der Waals surface area contributed by atoms with Gasteiger partial charge in [0, 0.05) is 5.25 Å². The summed E-state index contributed by atoms with van der Waals surface area (Å²) in [6.07, 6.45) is 5.39. The minimum atomic E-state index is -0.602. The van der Waals surface area contributed by atoms with Gasteiger partial charge < -0.3 is 9.84 Å². The maximum atomic E-state index is 11.2. The molecule has 0 spiro atoms. The average molecular weight is 230 g/mol. The molecule has 3 nitrogen and oxygen atoms in total. The molecule has 1 heterocycles. The van der Waals surface area contributed by atoms with Gasteiger partial charge in [-0.3, -0.25) is 4.79 Å². The van der Waals surface area contributed by atoms with Crippen LogP contribution >= 0.6 is 11.8 Å². The highest BCUT2D eigenvalue weighted by atomic mass is 32.2. The van der Waals surface area contributed by atoms with Gasteiger partial charge in [-0.25, -0.2) is 0 Å². The third kappa shape index (κ3) is 2.88. The van der Waals surface area contributed by atoms with E-state index < -0.39 is 5.97 Å². The third-order valence-corrected chi connectivity index (χ3v) is 4.82. The van der Waals surface area contributed by atoms with Crippen molar-refractivity contribution in [3.8, 4) is 0 Å². The first-order valence-corrected chi connectivity index (χ1v) is 6.67. The number of carboxylic acids is 1. The number of thioether (sulfide) groups is 1. The first kappa shape index (κ1) is 11.3. The number of hydrogen-bond acceptors (Lipinski definition) is 3. The number of hydrogen-bond donors (Lipinski definition) is 1. The van der Waals surface area contributed by atoms with Crippen molar-refractivity contribution >= 4 is 17.7 Å². The molecule has 0 amide bonds. The molecule has 1 aliphatic heterocycles. The van der Waals surface area contributed by atoms with Gasteiger partial charge in [0.2, 0.25) is 0 Å². The molecule has 15 heavy (non-hydrogen) atoms. The lowest BCUT2D eigenvalue weighted by atomic mass is 10.0. The van der Waals surface area contributed by atoms with Crippen molar-refractivity contribution in [2.24, 2.45) is 5.92 Å². The van der Waals surface area contributed by atoms with E-state index >= 15 is 0 Å². The van der Waals surface area contributed by atoms with Crippen LogP contribution in [0.1, 0.15) is 32.1 Å². The first-order chi connectivity index (χ1) is 7.27. The topological polar surface area (TPSA) is 46.5 Å². The molecule has 0 aromatic carbocycles. The fraction of sp³-hybridized carbons (Fsp3) is 0.909. The average Bonchev–Trinajstić information content (AvgIpc) is 2.36. The SMILES string of the molecule is O=C(O)C1CCCCCC1SC1COC1. The van der Waals surface area contributed by atoms with Gasteiger partial charge in [0.1, 0.15) is 0 Å². The van der Waals surface area contributed by atoms with Crippen LogP contribution < -0.4 is 0 Å². The van der Waals surface area contributed by atoms with Crippen LogP contribution in [0.15, 0.2) is 0 Å². The van der Waals surface area contributed by atoms with Gasteiger partial charge in [-0.1, -0.05) is 19.3 Å². The fourth-order valence-corrected chi connectivity index (χ4v) is 3.85. The summed E-state index contributed by atoms with van der Waals surface area (Å²) in [7, 11) is 0. The zero-order valence-electron chi connectivity index (χ0n) is 8.85. The Morgan fingerprint density at radius 1 is 1.20 bits per heavy atom. The predicted octanol–water partition coefficient (Wildman–Crippen LogP) is 2.15. The Morgan fingerprint density at radius 2 is 1.93 bits per heavy atom. The van der Waals surface area contributed by atoms with E-state index in [1.807, 2.05) is 11.8 Å². The zero-order chi connectivity index (χ0) is 10.7. The molecule has 86 valence electrons. The summed E-state index contributed by atoms with van der Waals surface area (Å²) in [5.74, 6) is -0.729. The molecular formula is C11H18O3S. The van der Waals surface area contributed by atoms with Crippen LogP contribution in [0.4, 0.5) is 0 Å². The smallest absolute Gasteiger partial charge is 0.307 e. The van der Waals surface area contributed by atoms with Crippen LogP contribution in [0.25, 0.3) is 0 Å². The van der Waals surface area contributed by atoms with Crippen LogP contribution in [0.2, 0.25) is 0 Å². The summed E-state index contributed by atoms with van der Waals surface area (Å²) in [5.41, 5.74) is 0. The largest absolute Gasteiger partial charge is 0.481 e. The second kappa shape index (κ2) is 5.21. The third-order valence-electron chi connectivity index (χ3n) is 3.24. The Hall–Kier alpha value is -0.220. The minimum Gasteiger partial charge on any atom is -0.481 e. The van der Waals surface area contributed by atoms with Crippen LogP contribution in [0, 0.1) is 5.92 Å². The van der Waals surface area contributed by atoms with Crippen molar-refractivity contribution in [3.05, 3.63) is 0 Å². The van der Waals surface area contributed by atoms with Crippen molar-refractivity contribution in [1.82, 2.24) is 0 Å². The van der Waals surface area contributed by atoms with Crippen LogP contribution in [0.3, 0.4) is 0 Å². The van der Waals surface area contributed by atoms with Crippen molar-refractivity contribution < 1.29 is 14.6 Å². The molecular weight excluding hydrogens is 212 g/mol. The molecule has 1 saturated heterocycles. The monoisotopic (exact) mass is 230 g/mol. The molecule has 1 N–H and O–H groups in total. The van der Waals surface area contributed by atoms with Crippen molar-refractivity contribution in [2.45, 2.75) is 42.6 Å². The van der Waals surface area contributed by atoms with E-state index in [2.05, 4.69) is 0 Å². The van der Waals surface area contributed by atoms with E-state index in [0.29, 0.717) is 10.5 Å². The zero-order valence-corrected chi connectivity index (χ0v) is 9.67. The molecule has 4 heteroatoms. The van der Waals surface area contributed by atoms with Crippen LogP contribution in [-0.2, 0) is 9.53 Å². The van der Waals surface area contributed by atoms with E-state index in [1.165, 1.54) is 12.8 Å². The molecule has 0 aromatic heterocycles. The lowest BCUT2D eigenvalue weighted by Crippen LogP contribution is -2.35. The van der Waals surface area contributed by atoms with E-state index in [-0.39, 0.29) is 5.92 Å². The Morgan fingerprint density at radius 3 is 2.53 bits per heavy atom. The summed E-state index contributed by atoms with van der Waals surface area (Å²) in [4.78, 5) is 11.2. The van der Waals surface area contributed by atoms with E-state index in [0.717, 1.165) is 32.5 Å². The van der Waals surface area contributed by atoms with Gasteiger partial charge in [0.05, 0.1) is 24.4 Å². The normalized spacial score (nSPS) is 33.1. The highest BCUT2D eigenvalue weighted by Crippen LogP contribution is 2.36. The first-order valence-electron chi connectivity index (χ1n) is 5.73. The molecule has 2 aliphatic rings. The second-order valence-corrected chi connectivity index (χ2v) is 5.96. The molecule has 0 aromatic rings. The van der Waals surface area contributed by atoms with Gasteiger partial charge in [0.25, 0.3) is 0 Å². The van der Waals surface area contributed by atoms with Crippen molar-refractivity contribution in [3.63, 3.8) is 0 Å². The Bertz CT molecular complexity index is 228. The highest BCUT2D eigenvalue weighted by molar-refractivity contribution is 8.00. The van der Waals surface area contributed by atoms with Crippen LogP contribution in [0.5, 0.6) is 0 Å². The Labute approximate surface area is 94.6 Å². The van der Waals surface area contributed by atoms with E-state index in [9.17, 15) is 9.90 Å². The molecule has 2 atom stereocenters. The molecule has 2 unspecified atom stereocenters. The lowest BCUT2D eigenvalue weighted by Gasteiger charge is -2.31. The van der Waals surface area contributed by atoms with Gasteiger partial charge in [0.15, 0.2) is 0 Å². The molecule has 1 saturated carbocycles. The molecule has 1 aliphatic carbocycles. The number of carboxylic acid groups (broad SMARTS) is 1. The summed E-state index contributed by atoms with van der Waals surface area (Å²) in [5, 5.41) is 10.1. The lowest BCUT2D eigenvalue weighted by molar-refractivity contribution is -0.141. The van der Waals surface area contributed by atoms with Gasteiger partial charge in [-0.05, 0) is 12.8 Å². The van der Waals surface area contributed by atoms with Crippen LogP contribution in [-0.4, -0.2) is 34.8 Å². The Kier molecular flexibility index (Phi) is 3.92. The van der Waals surface area contributed by atoms with Crippen molar-refractivity contribution in [1.29, 1.82) is 0 Å². The van der Waals surface area contributed by atoms with Gasteiger partial charge >= 0.3 is 5.97 Å². The molecule has 2 fully saturated rings.